The summed E-state index contributed by atoms with van der Waals surface area (Å²) >= 11 is 0. The molecular weight excluding hydrogens is 518 g/mol. The first-order valence-electron chi connectivity index (χ1n) is 12.4. The average Bonchev–Trinajstić information content (AvgIpc) is 2.96. The number of nitro groups is 1. The van der Waals surface area contributed by atoms with E-state index in [9.17, 15) is 29.9 Å². The molecule has 0 aliphatic heterocycles. The third kappa shape index (κ3) is 5.61. The molecule has 1 saturated carbocycles. The molecular formula is C30H29NO9. The van der Waals surface area contributed by atoms with Crippen LogP contribution in [0.4, 0.5) is 0 Å². The number of methoxy groups -OCH3 is 3. The van der Waals surface area contributed by atoms with Crippen LogP contribution in [0, 0.1) is 16.0 Å². The molecule has 10 nitrogen and oxygen atoms in total. The lowest BCUT2D eigenvalue weighted by Gasteiger charge is -2.36. The first kappa shape index (κ1) is 28.2. The summed E-state index contributed by atoms with van der Waals surface area (Å²) in [5.74, 6) is -3.64. The van der Waals surface area contributed by atoms with Gasteiger partial charge in [0.1, 0.15) is 11.5 Å². The molecule has 0 amide bonds. The van der Waals surface area contributed by atoms with Gasteiger partial charge in [-0.3, -0.25) is 19.7 Å². The molecule has 0 spiro atoms. The summed E-state index contributed by atoms with van der Waals surface area (Å²) < 4.78 is 15.5. The number of rotatable bonds is 9. The molecule has 208 valence electrons. The number of nitrogens with zero attached hydrogens (tertiary/aromatic N) is 1. The van der Waals surface area contributed by atoms with Gasteiger partial charge in [-0.1, -0.05) is 30.3 Å². The molecule has 3 aromatic rings. The lowest BCUT2D eigenvalue weighted by Crippen LogP contribution is -2.48. The molecule has 1 aliphatic carbocycles. The van der Waals surface area contributed by atoms with Crippen molar-refractivity contribution in [3.8, 4) is 28.7 Å². The second-order valence-electron chi connectivity index (χ2n) is 9.43. The average molecular weight is 548 g/mol. The molecule has 3 aromatic carbocycles. The van der Waals surface area contributed by atoms with Crippen molar-refractivity contribution in [2.45, 2.75) is 24.3 Å². The Morgan fingerprint density at radius 1 is 0.900 bits per heavy atom. The number of hydrogen-bond acceptors (Lipinski definition) is 9. The maximum absolute atomic E-state index is 13.6. The summed E-state index contributed by atoms with van der Waals surface area (Å²) in [6.07, 6.45) is 2.45. The highest BCUT2D eigenvalue weighted by Crippen LogP contribution is 2.46. The predicted octanol–water partition coefficient (Wildman–Crippen LogP) is 4.51. The van der Waals surface area contributed by atoms with E-state index in [1.807, 2.05) is 0 Å². The zero-order valence-electron chi connectivity index (χ0n) is 22.1. The Morgan fingerprint density at radius 2 is 1.50 bits per heavy atom. The van der Waals surface area contributed by atoms with E-state index in [1.165, 1.54) is 63.8 Å². The third-order valence-electron chi connectivity index (χ3n) is 7.23. The number of allylic oxidation sites excluding steroid dienone is 1. The zero-order valence-corrected chi connectivity index (χ0v) is 22.1. The Balaban J connectivity index is 1.79. The number of ketones is 2. The molecule has 0 bridgehead atoms. The Labute approximate surface area is 230 Å². The van der Waals surface area contributed by atoms with Crippen molar-refractivity contribution in [2.75, 3.05) is 21.3 Å². The standard InChI is InChI=1S/C30H29NO9/c1-38-20-9-6-18(7-10-20)28-29(24(34)12-5-17-4-11-22(32)26(14-17)39-2)25(35)16-21(30(28)31(36)37)19-8-13-23(33)27(15-19)40-3/h4-15,21,28-30,32-33H,16H2,1-3H3. The van der Waals surface area contributed by atoms with Crippen LogP contribution < -0.4 is 14.2 Å². The van der Waals surface area contributed by atoms with E-state index in [1.54, 1.807) is 30.3 Å². The van der Waals surface area contributed by atoms with Crippen LogP contribution in [0.2, 0.25) is 0 Å². The van der Waals surface area contributed by atoms with Crippen LogP contribution in [-0.2, 0) is 9.59 Å². The quantitative estimate of drug-likeness (QED) is 0.171. The van der Waals surface area contributed by atoms with Gasteiger partial charge in [0.15, 0.2) is 28.8 Å². The molecule has 10 heteroatoms. The SMILES string of the molecule is COc1ccc(C2C(C(=O)C=Cc3ccc(O)c(OC)c3)C(=O)CC(c3ccc(O)c(OC)c3)C2[N+](=O)[O-])cc1. The number of carbonyl (C=O) groups excluding carboxylic acids is 2. The number of carbonyl (C=O) groups is 2. The van der Waals surface area contributed by atoms with Crippen molar-refractivity contribution < 1.29 is 38.9 Å². The highest BCUT2D eigenvalue weighted by Gasteiger charge is 2.54. The first-order valence-corrected chi connectivity index (χ1v) is 12.4. The minimum absolute atomic E-state index is 0.0706. The van der Waals surface area contributed by atoms with Gasteiger partial charge in [-0.2, -0.15) is 0 Å². The fraction of sp³-hybridized carbons (Fsp3) is 0.267. The molecule has 4 unspecified atom stereocenters. The lowest BCUT2D eigenvalue weighted by atomic mass is 9.64. The van der Waals surface area contributed by atoms with Crippen LogP contribution >= 0.6 is 0 Å². The Kier molecular flexibility index (Phi) is 8.37. The number of phenols is 2. The van der Waals surface area contributed by atoms with Gasteiger partial charge in [0.25, 0.3) is 0 Å². The van der Waals surface area contributed by atoms with Gasteiger partial charge in [-0.05, 0) is 59.2 Å². The van der Waals surface area contributed by atoms with Gasteiger partial charge in [0, 0.05) is 11.3 Å². The van der Waals surface area contributed by atoms with Gasteiger partial charge >= 0.3 is 0 Å². The van der Waals surface area contributed by atoms with Crippen molar-refractivity contribution >= 4 is 17.6 Å². The molecule has 0 saturated heterocycles. The van der Waals surface area contributed by atoms with Crippen LogP contribution in [0.5, 0.6) is 28.7 Å². The molecule has 0 aromatic heterocycles. The number of benzene rings is 3. The molecule has 1 fully saturated rings. The Bertz CT molecular complexity index is 1450. The van der Waals surface area contributed by atoms with E-state index in [2.05, 4.69) is 0 Å². The van der Waals surface area contributed by atoms with Crippen molar-refractivity contribution in [1.29, 1.82) is 0 Å². The third-order valence-corrected chi connectivity index (χ3v) is 7.23. The number of hydrogen-bond donors (Lipinski definition) is 2. The molecule has 2 N–H and O–H groups in total. The highest BCUT2D eigenvalue weighted by atomic mass is 16.6. The summed E-state index contributed by atoms with van der Waals surface area (Å²) in [6.45, 7) is 0. The van der Waals surface area contributed by atoms with Gasteiger partial charge in [0.2, 0.25) is 6.04 Å². The first-order chi connectivity index (χ1) is 19.2. The molecule has 0 heterocycles. The maximum atomic E-state index is 13.6. The van der Waals surface area contributed by atoms with E-state index in [0.29, 0.717) is 22.4 Å². The second kappa shape index (κ2) is 11.9. The normalized spacial score (nSPS) is 20.7. The van der Waals surface area contributed by atoms with Gasteiger partial charge < -0.3 is 24.4 Å². The van der Waals surface area contributed by atoms with Gasteiger partial charge in [0.05, 0.1) is 39.1 Å². The van der Waals surface area contributed by atoms with E-state index in [4.69, 9.17) is 14.2 Å². The Morgan fingerprint density at radius 3 is 2.10 bits per heavy atom. The van der Waals surface area contributed by atoms with Gasteiger partial charge in [-0.15, -0.1) is 0 Å². The minimum Gasteiger partial charge on any atom is -0.504 e. The lowest BCUT2D eigenvalue weighted by molar-refractivity contribution is -0.533. The topological polar surface area (TPSA) is 145 Å². The van der Waals surface area contributed by atoms with Crippen LogP contribution in [0.15, 0.2) is 66.7 Å². The summed E-state index contributed by atoms with van der Waals surface area (Å²) in [5.41, 5.74) is 1.43. The van der Waals surface area contributed by atoms with E-state index < -0.39 is 40.3 Å². The highest BCUT2D eigenvalue weighted by molar-refractivity contribution is 6.10. The molecule has 40 heavy (non-hydrogen) atoms. The summed E-state index contributed by atoms with van der Waals surface area (Å²) in [7, 11) is 4.25. The molecule has 0 radical (unpaired) electrons. The number of ether oxygens (including phenoxy) is 3. The van der Waals surface area contributed by atoms with Gasteiger partial charge in [-0.25, -0.2) is 0 Å². The van der Waals surface area contributed by atoms with Crippen molar-refractivity contribution in [3.63, 3.8) is 0 Å². The van der Waals surface area contributed by atoms with Crippen molar-refractivity contribution in [3.05, 3.63) is 93.5 Å². The zero-order chi connectivity index (χ0) is 29.0. The fourth-order valence-corrected chi connectivity index (χ4v) is 5.26. The van der Waals surface area contributed by atoms with Crippen LogP contribution in [0.1, 0.15) is 34.9 Å². The molecule has 4 atom stereocenters. The number of phenolic OH excluding ortho intramolecular Hbond substituents is 2. The molecule has 4 rings (SSSR count). The maximum Gasteiger partial charge on any atom is 0.228 e. The largest absolute Gasteiger partial charge is 0.504 e. The van der Waals surface area contributed by atoms with Crippen LogP contribution in [-0.4, -0.2) is 54.1 Å². The molecule has 1 aliphatic rings. The van der Waals surface area contributed by atoms with Crippen LogP contribution in [0.3, 0.4) is 0 Å². The second-order valence-corrected chi connectivity index (χ2v) is 9.43. The number of aromatic hydroxyl groups is 2. The van der Waals surface area contributed by atoms with Crippen molar-refractivity contribution in [2.24, 2.45) is 5.92 Å². The Hall–Kier alpha value is -4.86. The number of Topliss-reactive ketones (excluding diaryl/α,β-unsaturated/α-hetero) is 1. The predicted molar refractivity (Wildman–Crippen MR) is 146 cm³/mol. The monoisotopic (exact) mass is 547 g/mol. The smallest absolute Gasteiger partial charge is 0.228 e. The van der Waals surface area contributed by atoms with Crippen LogP contribution in [0.25, 0.3) is 6.08 Å². The summed E-state index contributed by atoms with van der Waals surface area (Å²) in [6, 6.07) is 14.1. The summed E-state index contributed by atoms with van der Waals surface area (Å²) in [4.78, 5) is 39.4. The fourth-order valence-electron chi connectivity index (χ4n) is 5.26. The van der Waals surface area contributed by atoms with E-state index in [-0.39, 0.29) is 29.4 Å². The van der Waals surface area contributed by atoms with E-state index >= 15 is 0 Å². The van der Waals surface area contributed by atoms with Crippen molar-refractivity contribution in [1.82, 2.24) is 0 Å². The minimum atomic E-state index is -1.34. The van der Waals surface area contributed by atoms with E-state index in [0.717, 1.165) is 0 Å². The summed E-state index contributed by atoms with van der Waals surface area (Å²) in [5, 5.41) is 32.5.